The Morgan fingerprint density at radius 2 is 2.00 bits per heavy atom. The number of alkyl halides is 1. The second kappa shape index (κ2) is 2.82. The maximum absolute atomic E-state index is 10.1. The third kappa shape index (κ3) is 1.42. The fourth-order valence-corrected chi connectivity index (χ4v) is 0.856. The van der Waals surface area contributed by atoms with Gasteiger partial charge in [0.15, 0.2) is 6.29 Å². The van der Waals surface area contributed by atoms with E-state index in [1.807, 2.05) is 24.5 Å². The standard InChI is InChI=1S/C6H6BrNO/c7-6(5-9)8-3-1-2-4-8/h1-6H. The highest BCUT2D eigenvalue weighted by Crippen LogP contribution is 2.10. The van der Waals surface area contributed by atoms with Gasteiger partial charge in [-0.25, -0.2) is 0 Å². The summed E-state index contributed by atoms with van der Waals surface area (Å²) in [7, 11) is 0. The van der Waals surface area contributed by atoms with E-state index in [1.54, 1.807) is 4.57 Å². The molecular weight excluding hydrogens is 182 g/mol. The Labute approximate surface area is 61.6 Å². The van der Waals surface area contributed by atoms with Crippen molar-refractivity contribution in [2.45, 2.75) is 4.95 Å². The van der Waals surface area contributed by atoms with Gasteiger partial charge in [0.2, 0.25) is 0 Å². The first-order valence-electron chi connectivity index (χ1n) is 2.56. The molecule has 3 heteroatoms. The zero-order chi connectivity index (χ0) is 6.69. The van der Waals surface area contributed by atoms with E-state index >= 15 is 0 Å². The predicted molar refractivity (Wildman–Crippen MR) is 38.5 cm³/mol. The van der Waals surface area contributed by atoms with E-state index in [9.17, 15) is 4.79 Å². The van der Waals surface area contributed by atoms with Crippen LogP contribution in [0.4, 0.5) is 0 Å². The van der Waals surface area contributed by atoms with Gasteiger partial charge in [-0.1, -0.05) is 15.9 Å². The number of aldehydes is 1. The molecule has 0 saturated heterocycles. The molecule has 1 aromatic heterocycles. The van der Waals surface area contributed by atoms with E-state index < -0.39 is 0 Å². The smallest absolute Gasteiger partial charge is 0.153 e. The Bertz CT molecular complexity index is 183. The van der Waals surface area contributed by atoms with Gasteiger partial charge in [0.05, 0.1) is 0 Å². The minimum Gasteiger partial charge on any atom is -0.335 e. The zero-order valence-corrected chi connectivity index (χ0v) is 6.28. The summed E-state index contributed by atoms with van der Waals surface area (Å²) in [6, 6.07) is 3.75. The fraction of sp³-hybridized carbons (Fsp3) is 0.167. The summed E-state index contributed by atoms with van der Waals surface area (Å²) in [6.07, 6.45) is 4.49. The quantitative estimate of drug-likeness (QED) is 0.510. The van der Waals surface area contributed by atoms with Crippen molar-refractivity contribution in [3.05, 3.63) is 24.5 Å². The Kier molecular flexibility index (Phi) is 2.05. The van der Waals surface area contributed by atoms with Gasteiger partial charge in [0.25, 0.3) is 0 Å². The van der Waals surface area contributed by atoms with Crippen LogP contribution in [0.2, 0.25) is 0 Å². The molecule has 0 aromatic carbocycles. The van der Waals surface area contributed by atoms with Crippen LogP contribution >= 0.6 is 15.9 Å². The average molecular weight is 188 g/mol. The molecule has 1 rings (SSSR count). The molecule has 9 heavy (non-hydrogen) atoms. The van der Waals surface area contributed by atoms with Crippen molar-refractivity contribution in [2.24, 2.45) is 0 Å². The topological polar surface area (TPSA) is 22.0 Å². The van der Waals surface area contributed by atoms with Crippen LogP contribution in [-0.4, -0.2) is 10.9 Å². The number of carbonyl (C=O) groups excluding carboxylic acids is 1. The second-order valence-corrected chi connectivity index (χ2v) is 2.58. The van der Waals surface area contributed by atoms with Gasteiger partial charge in [0, 0.05) is 12.4 Å². The highest BCUT2D eigenvalue weighted by atomic mass is 79.9. The summed E-state index contributed by atoms with van der Waals surface area (Å²) in [5.74, 6) is 0. The minimum absolute atomic E-state index is 0.215. The molecule has 2 nitrogen and oxygen atoms in total. The van der Waals surface area contributed by atoms with Crippen LogP contribution in [0.5, 0.6) is 0 Å². The molecule has 0 bridgehead atoms. The molecule has 0 amide bonds. The van der Waals surface area contributed by atoms with Gasteiger partial charge in [0.1, 0.15) is 4.95 Å². The van der Waals surface area contributed by atoms with Crippen molar-refractivity contribution in [2.75, 3.05) is 0 Å². The number of halogens is 1. The lowest BCUT2D eigenvalue weighted by atomic mass is 10.7. The molecule has 0 aliphatic carbocycles. The van der Waals surface area contributed by atoms with E-state index in [0.29, 0.717) is 0 Å². The second-order valence-electron chi connectivity index (χ2n) is 1.64. The highest BCUT2D eigenvalue weighted by molar-refractivity contribution is 9.09. The van der Waals surface area contributed by atoms with Gasteiger partial charge in [-0.2, -0.15) is 0 Å². The average Bonchev–Trinajstić information content (AvgIpc) is 2.37. The number of carbonyl (C=O) groups is 1. The molecule has 1 heterocycles. The first kappa shape index (κ1) is 6.55. The number of rotatable bonds is 2. The Morgan fingerprint density at radius 3 is 2.44 bits per heavy atom. The summed E-state index contributed by atoms with van der Waals surface area (Å²) in [4.78, 5) is 9.92. The van der Waals surface area contributed by atoms with Crippen LogP contribution in [0.25, 0.3) is 0 Å². The van der Waals surface area contributed by atoms with Crippen molar-refractivity contribution in [1.29, 1.82) is 0 Å². The summed E-state index contributed by atoms with van der Waals surface area (Å²) < 4.78 is 1.77. The molecule has 0 radical (unpaired) electrons. The van der Waals surface area contributed by atoms with Gasteiger partial charge in [-0.3, -0.25) is 0 Å². The van der Waals surface area contributed by atoms with E-state index in [4.69, 9.17) is 0 Å². The number of nitrogens with zero attached hydrogens (tertiary/aromatic N) is 1. The third-order valence-electron chi connectivity index (χ3n) is 1.02. The van der Waals surface area contributed by atoms with Gasteiger partial charge < -0.3 is 9.36 Å². The fourth-order valence-electron chi connectivity index (χ4n) is 0.583. The highest BCUT2D eigenvalue weighted by Gasteiger charge is 1.99. The molecule has 0 spiro atoms. The number of aromatic nitrogens is 1. The van der Waals surface area contributed by atoms with Crippen LogP contribution in [0.1, 0.15) is 4.95 Å². The Balaban J connectivity index is 2.76. The summed E-state index contributed by atoms with van der Waals surface area (Å²) in [5, 5.41) is 0. The molecule has 1 atom stereocenters. The summed E-state index contributed by atoms with van der Waals surface area (Å²) >= 11 is 3.16. The van der Waals surface area contributed by atoms with Crippen LogP contribution < -0.4 is 0 Å². The van der Waals surface area contributed by atoms with Crippen molar-refractivity contribution >= 4 is 22.2 Å². The molecule has 0 fully saturated rings. The maximum Gasteiger partial charge on any atom is 0.153 e. The van der Waals surface area contributed by atoms with Crippen LogP contribution in [-0.2, 0) is 4.79 Å². The maximum atomic E-state index is 10.1. The van der Waals surface area contributed by atoms with E-state index in [-0.39, 0.29) is 4.95 Å². The third-order valence-corrected chi connectivity index (χ3v) is 1.71. The van der Waals surface area contributed by atoms with E-state index in [0.717, 1.165) is 6.29 Å². The molecule has 48 valence electrons. The summed E-state index contributed by atoms with van der Waals surface area (Å²) in [5.41, 5.74) is 0. The SMILES string of the molecule is O=CC(Br)n1cccc1. The lowest BCUT2D eigenvalue weighted by Gasteiger charge is -2.00. The molecule has 0 N–H and O–H groups in total. The number of hydrogen-bond donors (Lipinski definition) is 0. The largest absolute Gasteiger partial charge is 0.335 e. The van der Waals surface area contributed by atoms with Crippen molar-refractivity contribution in [3.63, 3.8) is 0 Å². The molecule has 0 aliphatic heterocycles. The van der Waals surface area contributed by atoms with Gasteiger partial charge in [-0.15, -0.1) is 0 Å². The van der Waals surface area contributed by atoms with Crippen LogP contribution in [0.15, 0.2) is 24.5 Å². The first-order valence-corrected chi connectivity index (χ1v) is 3.48. The van der Waals surface area contributed by atoms with Crippen molar-refractivity contribution < 1.29 is 4.79 Å². The monoisotopic (exact) mass is 187 g/mol. The van der Waals surface area contributed by atoms with Crippen molar-refractivity contribution in [3.8, 4) is 0 Å². The predicted octanol–water partition coefficient (Wildman–Crippen LogP) is 1.58. The Hall–Kier alpha value is -0.570. The normalized spacial score (nSPS) is 13.0. The van der Waals surface area contributed by atoms with Crippen LogP contribution in [0.3, 0.4) is 0 Å². The van der Waals surface area contributed by atoms with Gasteiger partial charge in [-0.05, 0) is 12.1 Å². The molecule has 1 unspecified atom stereocenters. The molecular formula is C6H6BrNO. The van der Waals surface area contributed by atoms with Gasteiger partial charge >= 0.3 is 0 Å². The van der Waals surface area contributed by atoms with E-state index in [2.05, 4.69) is 15.9 Å². The lowest BCUT2D eigenvalue weighted by molar-refractivity contribution is -0.108. The molecule has 1 aromatic rings. The zero-order valence-electron chi connectivity index (χ0n) is 4.70. The minimum atomic E-state index is -0.215. The van der Waals surface area contributed by atoms with Crippen molar-refractivity contribution in [1.82, 2.24) is 4.57 Å². The Morgan fingerprint density at radius 1 is 1.44 bits per heavy atom. The lowest BCUT2D eigenvalue weighted by Crippen LogP contribution is -1.98. The first-order chi connectivity index (χ1) is 4.34. The molecule has 0 saturated carbocycles. The van der Waals surface area contributed by atoms with Crippen LogP contribution in [0, 0.1) is 0 Å². The molecule has 0 aliphatic rings. The summed E-state index contributed by atoms with van der Waals surface area (Å²) in [6.45, 7) is 0. The van der Waals surface area contributed by atoms with E-state index in [1.165, 1.54) is 0 Å². The number of hydrogen-bond acceptors (Lipinski definition) is 1.